The number of aromatic nitrogens is 1. The van der Waals surface area contributed by atoms with Crippen LogP contribution in [0.25, 0.3) is 0 Å². The van der Waals surface area contributed by atoms with Gasteiger partial charge in [-0.05, 0) is 13.0 Å². The molecule has 0 aliphatic rings. The summed E-state index contributed by atoms with van der Waals surface area (Å²) in [5.41, 5.74) is 0.706. The SMILES string of the molecule is CC(=O)c1cc(F)cc(C)n1. The Morgan fingerprint density at radius 2 is 2.18 bits per heavy atom. The Balaban J connectivity index is 3.19. The van der Waals surface area contributed by atoms with Gasteiger partial charge >= 0.3 is 0 Å². The average molecular weight is 153 g/mol. The van der Waals surface area contributed by atoms with Crippen molar-refractivity contribution >= 4 is 5.78 Å². The monoisotopic (exact) mass is 153 g/mol. The molecule has 11 heavy (non-hydrogen) atoms. The molecule has 2 nitrogen and oxygen atoms in total. The minimum atomic E-state index is -0.414. The maximum absolute atomic E-state index is 12.6. The van der Waals surface area contributed by atoms with Gasteiger partial charge in [0, 0.05) is 18.7 Å². The van der Waals surface area contributed by atoms with E-state index >= 15 is 0 Å². The van der Waals surface area contributed by atoms with Gasteiger partial charge in [-0.15, -0.1) is 0 Å². The topological polar surface area (TPSA) is 30.0 Å². The van der Waals surface area contributed by atoms with Crippen molar-refractivity contribution in [1.82, 2.24) is 4.98 Å². The third-order valence-corrected chi connectivity index (χ3v) is 1.28. The maximum atomic E-state index is 12.6. The molecule has 1 aromatic heterocycles. The lowest BCUT2D eigenvalue weighted by Gasteiger charge is -1.96. The highest BCUT2D eigenvalue weighted by molar-refractivity contribution is 5.92. The Labute approximate surface area is 64.1 Å². The third-order valence-electron chi connectivity index (χ3n) is 1.28. The summed E-state index contributed by atoms with van der Waals surface area (Å²) in [6.07, 6.45) is 0. The second-order valence-electron chi connectivity index (χ2n) is 2.37. The molecule has 0 fully saturated rings. The molecule has 1 aromatic rings. The quantitative estimate of drug-likeness (QED) is 0.575. The number of hydrogen-bond donors (Lipinski definition) is 0. The van der Waals surface area contributed by atoms with E-state index in [-0.39, 0.29) is 11.5 Å². The molecule has 0 amide bonds. The Kier molecular flexibility index (Phi) is 1.98. The summed E-state index contributed by atoms with van der Waals surface area (Å²) in [6.45, 7) is 3.01. The fourth-order valence-corrected chi connectivity index (χ4v) is 0.807. The highest BCUT2D eigenvalue weighted by atomic mass is 19.1. The van der Waals surface area contributed by atoms with Crippen molar-refractivity contribution < 1.29 is 9.18 Å². The van der Waals surface area contributed by atoms with E-state index in [9.17, 15) is 9.18 Å². The van der Waals surface area contributed by atoms with Crippen LogP contribution in [0.1, 0.15) is 23.1 Å². The van der Waals surface area contributed by atoms with E-state index in [4.69, 9.17) is 0 Å². The predicted octanol–water partition coefficient (Wildman–Crippen LogP) is 1.73. The number of nitrogens with zero attached hydrogens (tertiary/aromatic N) is 1. The molecule has 0 saturated heterocycles. The van der Waals surface area contributed by atoms with Crippen molar-refractivity contribution in [2.75, 3.05) is 0 Å². The predicted molar refractivity (Wildman–Crippen MR) is 38.9 cm³/mol. The van der Waals surface area contributed by atoms with Gasteiger partial charge in [-0.2, -0.15) is 0 Å². The first-order valence-electron chi connectivity index (χ1n) is 3.25. The second kappa shape index (κ2) is 2.78. The molecule has 0 radical (unpaired) electrons. The van der Waals surface area contributed by atoms with Gasteiger partial charge in [0.25, 0.3) is 0 Å². The average Bonchev–Trinajstić information content (AvgIpc) is 1.85. The largest absolute Gasteiger partial charge is 0.293 e. The number of pyridine rings is 1. The first-order chi connectivity index (χ1) is 5.09. The van der Waals surface area contributed by atoms with E-state index < -0.39 is 5.82 Å². The molecule has 3 heteroatoms. The summed E-state index contributed by atoms with van der Waals surface area (Å²) in [5.74, 6) is -0.629. The van der Waals surface area contributed by atoms with Crippen LogP contribution in [-0.4, -0.2) is 10.8 Å². The van der Waals surface area contributed by atoms with Crippen LogP contribution in [0.3, 0.4) is 0 Å². The smallest absolute Gasteiger partial charge is 0.178 e. The lowest BCUT2D eigenvalue weighted by Crippen LogP contribution is -1.98. The van der Waals surface area contributed by atoms with E-state index in [1.54, 1.807) is 6.92 Å². The van der Waals surface area contributed by atoms with Gasteiger partial charge in [0.1, 0.15) is 11.5 Å². The number of carbonyl (C=O) groups is 1. The van der Waals surface area contributed by atoms with E-state index in [1.807, 2.05) is 0 Å². The highest BCUT2D eigenvalue weighted by Gasteiger charge is 2.02. The van der Waals surface area contributed by atoms with Crippen molar-refractivity contribution in [2.24, 2.45) is 0 Å². The van der Waals surface area contributed by atoms with Crippen molar-refractivity contribution in [1.29, 1.82) is 0 Å². The van der Waals surface area contributed by atoms with Crippen LogP contribution in [-0.2, 0) is 0 Å². The van der Waals surface area contributed by atoms with Gasteiger partial charge in [-0.25, -0.2) is 9.37 Å². The fourth-order valence-electron chi connectivity index (χ4n) is 0.807. The van der Waals surface area contributed by atoms with Gasteiger partial charge < -0.3 is 0 Å². The van der Waals surface area contributed by atoms with Crippen LogP contribution in [0.2, 0.25) is 0 Å². The standard InChI is InChI=1S/C8H8FNO/c1-5-3-7(9)4-8(10-5)6(2)11/h3-4H,1-2H3. The molecule has 1 heterocycles. The van der Waals surface area contributed by atoms with Crippen LogP contribution < -0.4 is 0 Å². The normalized spacial score (nSPS) is 9.73. The lowest BCUT2D eigenvalue weighted by atomic mass is 10.2. The zero-order valence-corrected chi connectivity index (χ0v) is 6.39. The van der Waals surface area contributed by atoms with Crippen LogP contribution in [0.4, 0.5) is 4.39 Å². The van der Waals surface area contributed by atoms with Crippen molar-refractivity contribution in [3.8, 4) is 0 Å². The summed E-state index contributed by atoms with van der Waals surface area (Å²) in [7, 11) is 0. The zero-order chi connectivity index (χ0) is 8.43. The Morgan fingerprint density at radius 3 is 2.64 bits per heavy atom. The third kappa shape index (κ3) is 1.83. The molecule has 58 valence electrons. The molecule has 0 aliphatic heterocycles. The zero-order valence-electron chi connectivity index (χ0n) is 6.39. The summed E-state index contributed by atoms with van der Waals surface area (Å²) >= 11 is 0. The highest BCUT2D eigenvalue weighted by Crippen LogP contribution is 2.03. The summed E-state index contributed by atoms with van der Waals surface area (Å²) in [5, 5.41) is 0. The molecule has 0 aliphatic carbocycles. The van der Waals surface area contributed by atoms with Crippen molar-refractivity contribution in [3.05, 3.63) is 29.3 Å². The van der Waals surface area contributed by atoms with Crippen LogP contribution in [0.5, 0.6) is 0 Å². The first-order valence-corrected chi connectivity index (χ1v) is 3.25. The Morgan fingerprint density at radius 1 is 1.55 bits per heavy atom. The molecule has 0 bridgehead atoms. The van der Waals surface area contributed by atoms with E-state index in [1.165, 1.54) is 13.0 Å². The molecule has 0 aromatic carbocycles. The second-order valence-corrected chi connectivity index (χ2v) is 2.37. The first kappa shape index (κ1) is 7.85. The molecule has 0 N–H and O–H groups in total. The number of Topliss-reactive ketones (excluding diaryl/α,β-unsaturated/α-hetero) is 1. The van der Waals surface area contributed by atoms with Crippen LogP contribution in [0, 0.1) is 12.7 Å². The van der Waals surface area contributed by atoms with Gasteiger partial charge in [0.05, 0.1) is 0 Å². The van der Waals surface area contributed by atoms with Crippen molar-refractivity contribution in [3.63, 3.8) is 0 Å². The van der Waals surface area contributed by atoms with Crippen molar-refractivity contribution in [2.45, 2.75) is 13.8 Å². The van der Waals surface area contributed by atoms with Gasteiger partial charge in [-0.1, -0.05) is 0 Å². The molecular formula is C8H8FNO. The Hall–Kier alpha value is -1.25. The number of rotatable bonds is 1. The van der Waals surface area contributed by atoms with Crippen LogP contribution >= 0.6 is 0 Å². The molecular weight excluding hydrogens is 145 g/mol. The molecule has 0 saturated carbocycles. The fraction of sp³-hybridized carbons (Fsp3) is 0.250. The van der Waals surface area contributed by atoms with E-state index in [2.05, 4.69) is 4.98 Å². The summed E-state index contributed by atoms with van der Waals surface area (Å²) < 4.78 is 12.6. The number of aryl methyl sites for hydroxylation is 1. The van der Waals surface area contributed by atoms with Crippen LogP contribution in [0.15, 0.2) is 12.1 Å². The minimum Gasteiger partial charge on any atom is -0.293 e. The number of carbonyl (C=O) groups excluding carboxylic acids is 1. The van der Waals surface area contributed by atoms with E-state index in [0.29, 0.717) is 5.69 Å². The molecule has 1 rings (SSSR count). The Bertz CT molecular complexity index is 276. The van der Waals surface area contributed by atoms with Gasteiger partial charge in [0.2, 0.25) is 0 Å². The van der Waals surface area contributed by atoms with Gasteiger partial charge in [0.15, 0.2) is 5.78 Å². The van der Waals surface area contributed by atoms with E-state index in [0.717, 1.165) is 6.07 Å². The number of halogens is 1. The number of ketones is 1. The van der Waals surface area contributed by atoms with Gasteiger partial charge in [-0.3, -0.25) is 4.79 Å². The maximum Gasteiger partial charge on any atom is 0.178 e. The molecule has 0 atom stereocenters. The minimum absolute atomic E-state index is 0.183. The lowest BCUT2D eigenvalue weighted by molar-refractivity contribution is 0.101. The molecule has 0 spiro atoms. The summed E-state index contributed by atoms with van der Waals surface area (Å²) in [4.78, 5) is 14.6. The summed E-state index contributed by atoms with van der Waals surface area (Å²) in [6, 6.07) is 2.42. The number of hydrogen-bond acceptors (Lipinski definition) is 2. The molecule has 0 unspecified atom stereocenters.